The number of halogens is 1. The Morgan fingerprint density at radius 2 is 2.12 bits per heavy atom. The van der Waals surface area contributed by atoms with Crippen LogP contribution in [0.25, 0.3) is 6.08 Å². The molecule has 1 fully saturated rings. The van der Waals surface area contributed by atoms with Crippen LogP contribution in [-0.2, 0) is 9.59 Å². The number of rotatable bonds is 6. The molecule has 0 atom stereocenters. The predicted molar refractivity (Wildman–Crippen MR) is 87.7 cm³/mol. The van der Waals surface area contributed by atoms with Gasteiger partial charge in [0.05, 0.1) is 18.2 Å². The van der Waals surface area contributed by atoms with E-state index in [1.807, 2.05) is 6.92 Å². The molecular weight excluding hydrogens is 384 g/mol. The van der Waals surface area contributed by atoms with Crippen molar-refractivity contribution in [2.45, 2.75) is 6.92 Å². The van der Waals surface area contributed by atoms with Crippen LogP contribution in [-0.4, -0.2) is 48.2 Å². The second kappa shape index (κ2) is 7.35. The average molecular weight is 399 g/mol. The highest BCUT2D eigenvalue weighted by Gasteiger charge is 2.34. The molecule has 1 aliphatic rings. The van der Waals surface area contributed by atoms with Gasteiger partial charge in [-0.3, -0.25) is 9.59 Å². The largest absolute Gasteiger partial charge is 0.493 e. The number of carbonyl (C=O) groups excluding carboxylic acids is 2. The molecule has 0 radical (unpaired) electrons. The van der Waals surface area contributed by atoms with E-state index in [4.69, 9.17) is 14.6 Å². The maximum atomic E-state index is 12.1. The van der Waals surface area contributed by atoms with Gasteiger partial charge in [-0.05, 0) is 46.6 Å². The molecule has 128 valence electrons. The van der Waals surface area contributed by atoms with E-state index in [0.717, 1.165) is 0 Å². The maximum Gasteiger partial charge on any atom is 0.329 e. The molecule has 1 saturated heterocycles. The molecule has 8 nitrogen and oxygen atoms in total. The van der Waals surface area contributed by atoms with E-state index >= 15 is 0 Å². The van der Waals surface area contributed by atoms with Crippen LogP contribution in [0.5, 0.6) is 11.5 Å². The average Bonchev–Trinajstić information content (AvgIpc) is 2.77. The summed E-state index contributed by atoms with van der Waals surface area (Å²) in [4.78, 5) is 35.1. The fourth-order valence-corrected chi connectivity index (χ4v) is 2.70. The minimum atomic E-state index is -1.27. The van der Waals surface area contributed by atoms with Crippen LogP contribution < -0.4 is 14.8 Å². The van der Waals surface area contributed by atoms with Gasteiger partial charge in [0.1, 0.15) is 12.2 Å². The van der Waals surface area contributed by atoms with E-state index in [-0.39, 0.29) is 5.70 Å². The van der Waals surface area contributed by atoms with Crippen LogP contribution in [0.15, 0.2) is 22.3 Å². The van der Waals surface area contributed by atoms with Gasteiger partial charge in [-0.1, -0.05) is 0 Å². The first-order chi connectivity index (χ1) is 11.4. The second-order valence-electron chi connectivity index (χ2n) is 4.74. The van der Waals surface area contributed by atoms with Crippen molar-refractivity contribution in [2.75, 3.05) is 20.3 Å². The maximum absolute atomic E-state index is 12.1. The molecule has 1 aromatic carbocycles. The second-order valence-corrected chi connectivity index (χ2v) is 5.59. The highest BCUT2D eigenvalue weighted by molar-refractivity contribution is 9.10. The Kier molecular flexibility index (Phi) is 5.45. The fourth-order valence-electron chi connectivity index (χ4n) is 2.12. The summed E-state index contributed by atoms with van der Waals surface area (Å²) in [5.74, 6) is -0.995. The molecule has 9 heteroatoms. The number of nitrogens with one attached hydrogen (secondary N) is 1. The molecule has 0 aliphatic carbocycles. The lowest BCUT2D eigenvalue weighted by Crippen LogP contribution is -2.35. The first kappa shape index (κ1) is 17.8. The standard InChI is InChI=1S/C15H15BrN2O6/c1-3-24-13-9(16)4-8(6-11(13)23-2)5-10-14(21)18(7-12(19)20)15(22)17-10/h4-6H,3,7H2,1-2H3,(H,17,22)(H,19,20)/b10-5+. The summed E-state index contributed by atoms with van der Waals surface area (Å²) in [6.45, 7) is 1.60. The molecule has 0 spiro atoms. The Morgan fingerprint density at radius 3 is 2.71 bits per heavy atom. The number of amides is 3. The minimum Gasteiger partial charge on any atom is -0.493 e. The topological polar surface area (TPSA) is 105 Å². The number of imide groups is 1. The molecule has 0 aromatic heterocycles. The molecule has 1 aliphatic heterocycles. The van der Waals surface area contributed by atoms with Crippen molar-refractivity contribution < 1.29 is 29.0 Å². The van der Waals surface area contributed by atoms with E-state index in [1.165, 1.54) is 13.2 Å². The highest BCUT2D eigenvalue weighted by atomic mass is 79.9. The number of benzene rings is 1. The summed E-state index contributed by atoms with van der Waals surface area (Å²) in [6, 6.07) is 2.56. The summed E-state index contributed by atoms with van der Waals surface area (Å²) in [5, 5.41) is 11.1. The summed E-state index contributed by atoms with van der Waals surface area (Å²) in [7, 11) is 1.48. The van der Waals surface area contributed by atoms with Crippen molar-refractivity contribution in [3.8, 4) is 11.5 Å². The Balaban J connectivity index is 2.35. The number of carboxylic acid groups (broad SMARTS) is 1. The number of hydrogen-bond acceptors (Lipinski definition) is 5. The first-order valence-corrected chi connectivity index (χ1v) is 7.73. The van der Waals surface area contributed by atoms with Crippen molar-refractivity contribution in [1.29, 1.82) is 0 Å². The van der Waals surface area contributed by atoms with E-state index in [2.05, 4.69) is 21.2 Å². The number of methoxy groups -OCH3 is 1. The van der Waals surface area contributed by atoms with Gasteiger partial charge >= 0.3 is 12.0 Å². The Morgan fingerprint density at radius 1 is 1.42 bits per heavy atom. The molecule has 3 amide bonds. The van der Waals surface area contributed by atoms with Crippen LogP contribution in [0.4, 0.5) is 4.79 Å². The lowest BCUT2D eigenvalue weighted by Gasteiger charge is -2.12. The van der Waals surface area contributed by atoms with Crippen molar-refractivity contribution in [1.82, 2.24) is 10.2 Å². The third-order valence-electron chi connectivity index (χ3n) is 3.11. The van der Waals surface area contributed by atoms with Gasteiger partial charge in [-0.2, -0.15) is 0 Å². The fraction of sp³-hybridized carbons (Fsp3) is 0.267. The number of carbonyl (C=O) groups is 3. The summed E-state index contributed by atoms with van der Waals surface area (Å²) >= 11 is 3.37. The number of nitrogens with zero attached hydrogens (tertiary/aromatic N) is 1. The zero-order chi connectivity index (χ0) is 17.9. The van der Waals surface area contributed by atoms with Crippen molar-refractivity contribution in [3.63, 3.8) is 0 Å². The molecule has 24 heavy (non-hydrogen) atoms. The van der Waals surface area contributed by atoms with Crippen LogP contribution in [0, 0.1) is 0 Å². The summed E-state index contributed by atoms with van der Waals surface area (Å²) in [5.41, 5.74) is 0.558. The number of hydrogen-bond donors (Lipinski definition) is 2. The van der Waals surface area contributed by atoms with Gasteiger partial charge in [-0.25, -0.2) is 9.69 Å². The molecule has 0 unspecified atom stereocenters. The third-order valence-corrected chi connectivity index (χ3v) is 3.70. The molecule has 1 aromatic rings. The van der Waals surface area contributed by atoms with Gasteiger partial charge in [-0.15, -0.1) is 0 Å². The van der Waals surface area contributed by atoms with Gasteiger partial charge in [0, 0.05) is 0 Å². The molecule has 2 rings (SSSR count). The summed E-state index contributed by atoms with van der Waals surface area (Å²) < 4.78 is 11.4. The SMILES string of the molecule is CCOc1c(Br)cc(/C=C2/NC(=O)N(CC(=O)O)C2=O)cc1OC. The van der Waals surface area contributed by atoms with Crippen molar-refractivity contribution in [3.05, 3.63) is 27.9 Å². The highest BCUT2D eigenvalue weighted by Crippen LogP contribution is 2.37. The quantitative estimate of drug-likeness (QED) is 0.559. The van der Waals surface area contributed by atoms with Gasteiger partial charge in [0.25, 0.3) is 5.91 Å². The monoisotopic (exact) mass is 398 g/mol. The third kappa shape index (κ3) is 3.67. The predicted octanol–water partition coefficient (Wildman–Crippen LogP) is 1.83. The van der Waals surface area contributed by atoms with Gasteiger partial charge in [0.15, 0.2) is 11.5 Å². The number of aliphatic carboxylic acids is 1. The molecule has 1 heterocycles. The van der Waals surface area contributed by atoms with Gasteiger partial charge in [0.2, 0.25) is 0 Å². The molecule has 2 N–H and O–H groups in total. The smallest absolute Gasteiger partial charge is 0.329 e. The van der Waals surface area contributed by atoms with E-state index in [1.54, 1.807) is 12.1 Å². The normalized spacial score (nSPS) is 15.6. The lowest BCUT2D eigenvalue weighted by molar-refractivity contribution is -0.140. The Bertz CT molecular complexity index is 731. The number of ether oxygens (including phenoxy) is 2. The molecule has 0 bridgehead atoms. The zero-order valence-electron chi connectivity index (χ0n) is 13.0. The van der Waals surface area contributed by atoms with Crippen LogP contribution in [0.2, 0.25) is 0 Å². The van der Waals surface area contributed by atoms with Crippen LogP contribution >= 0.6 is 15.9 Å². The van der Waals surface area contributed by atoms with E-state index in [9.17, 15) is 14.4 Å². The van der Waals surface area contributed by atoms with Gasteiger partial charge < -0.3 is 19.9 Å². The summed E-state index contributed by atoms with van der Waals surface area (Å²) in [6.07, 6.45) is 1.44. The number of carboxylic acids is 1. The molecular formula is C15H15BrN2O6. The van der Waals surface area contributed by atoms with E-state index in [0.29, 0.717) is 33.0 Å². The Hall–Kier alpha value is -2.55. The minimum absolute atomic E-state index is 0.0145. The van der Waals surface area contributed by atoms with Crippen LogP contribution in [0.1, 0.15) is 12.5 Å². The number of urea groups is 1. The van der Waals surface area contributed by atoms with Crippen molar-refractivity contribution in [2.24, 2.45) is 0 Å². The van der Waals surface area contributed by atoms with E-state index < -0.39 is 24.5 Å². The zero-order valence-corrected chi connectivity index (χ0v) is 14.5. The Labute approximate surface area is 146 Å². The van der Waals surface area contributed by atoms with Crippen molar-refractivity contribution >= 4 is 39.9 Å². The first-order valence-electron chi connectivity index (χ1n) is 6.94. The lowest BCUT2D eigenvalue weighted by atomic mass is 10.1. The van der Waals surface area contributed by atoms with Crippen LogP contribution in [0.3, 0.4) is 0 Å². The molecule has 0 saturated carbocycles.